The number of Topliss-reactive ketones (excluding diaryl/α,β-unsaturated/α-hetero) is 1. The molecular formula is C31H32N2O5S. The highest BCUT2D eigenvalue weighted by Crippen LogP contribution is 2.33. The molecule has 0 bridgehead atoms. The fourth-order valence-electron chi connectivity index (χ4n) is 5.27. The highest BCUT2D eigenvalue weighted by Gasteiger charge is 2.32. The van der Waals surface area contributed by atoms with E-state index in [9.17, 15) is 18.0 Å². The predicted molar refractivity (Wildman–Crippen MR) is 152 cm³/mol. The highest BCUT2D eigenvalue weighted by atomic mass is 32.2. The van der Waals surface area contributed by atoms with Gasteiger partial charge in [-0.1, -0.05) is 67.9 Å². The molecule has 1 N–H and O–H groups in total. The highest BCUT2D eigenvalue weighted by molar-refractivity contribution is 7.89. The Hall–Kier alpha value is -3.75. The number of sulfonamides is 1. The van der Waals surface area contributed by atoms with E-state index in [4.69, 9.17) is 4.42 Å². The van der Waals surface area contributed by atoms with E-state index in [1.165, 1.54) is 16.4 Å². The SMILES string of the molecule is Cc1ccc(C(=O)c2oc3ccccc3c2NCC(=O)c2cccc(S(=O)(=O)N3CC(C)CC(C)C3)c2)cc1. The molecule has 0 spiro atoms. The maximum atomic E-state index is 13.4. The molecule has 1 fully saturated rings. The van der Waals surface area contributed by atoms with Crippen LogP contribution < -0.4 is 5.32 Å². The average Bonchev–Trinajstić information content (AvgIpc) is 3.30. The molecule has 0 amide bonds. The van der Waals surface area contributed by atoms with Crippen LogP contribution in [-0.4, -0.2) is 43.9 Å². The number of fused-ring (bicyclic) bond motifs is 1. The van der Waals surface area contributed by atoms with Crippen LogP contribution in [0.5, 0.6) is 0 Å². The van der Waals surface area contributed by atoms with Gasteiger partial charge in [0.25, 0.3) is 0 Å². The van der Waals surface area contributed by atoms with Crippen LogP contribution in [0.4, 0.5) is 5.69 Å². The number of carbonyl (C=O) groups is 2. The van der Waals surface area contributed by atoms with Gasteiger partial charge in [-0.2, -0.15) is 4.31 Å². The van der Waals surface area contributed by atoms with E-state index < -0.39 is 10.0 Å². The summed E-state index contributed by atoms with van der Waals surface area (Å²) >= 11 is 0. The first-order chi connectivity index (χ1) is 18.6. The number of nitrogens with zero attached hydrogens (tertiary/aromatic N) is 1. The zero-order chi connectivity index (χ0) is 27.7. The Kier molecular flexibility index (Phi) is 7.42. The van der Waals surface area contributed by atoms with E-state index >= 15 is 0 Å². The van der Waals surface area contributed by atoms with Crippen molar-refractivity contribution in [1.82, 2.24) is 4.31 Å². The molecule has 3 aromatic carbocycles. The molecule has 202 valence electrons. The fraction of sp³-hybridized carbons (Fsp3) is 0.290. The van der Waals surface area contributed by atoms with Gasteiger partial charge in [-0.3, -0.25) is 9.59 Å². The van der Waals surface area contributed by atoms with Gasteiger partial charge < -0.3 is 9.73 Å². The van der Waals surface area contributed by atoms with E-state index in [1.807, 2.05) is 37.3 Å². The number of benzene rings is 3. The summed E-state index contributed by atoms with van der Waals surface area (Å²) in [7, 11) is -3.72. The second-order valence-electron chi connectivity index (χ2n) is 10.6. The third kappa shape index (κ3) is 5.53. The first-order valence-corrected chi connectivity index (χ1v) is 14.6. The van der Waals surface area contributed by atoms with Crippen LogP contribution in [0.25, 0.3) is 11.0 Å². The van der Waals surface area contributed by atoms with Gasteiger partial charge in [-0.15, -0.1) is 0 Å². The lowest BCUT2D eigenvalue weighted by molar-refractivity contribution is 0.0997. The Labute approximate surface area is 228 Å². The second kappa shape index (κ2) is 10.8. The van der Waals surface area contributed by atoms with Crippen molar-refractivity contribution in [3.8, 4) is 0 Å². The molecule has 8 heteroatoms. The number of hydrogen-bond donors (Lipinski definition) is 1. The van der Waals surface area contributed by atoms with Crippen molar-refractivity contribution in [3.63, 3.8) is 0 Å². The lowest BCUT2D eigenvalue weighted by Gasteiger charge is -2.34. The number of furan rings is 1. The summed E-state index contributed by atoms with van der Waals surface area (Å²) in [6.07, 6.45) is 0.993. The maximum absolute atomic E-state index is 13.4. The Morgan fingerprint density at radius 1 is 0.923 bits per heavy atom. The lowest BCUT2D eigenvalue weighted by atomic mass is 9.94. The second-order valence-corrected chi connectivity index (χ2v) is 12.5. The third-order valence-electron chi connectivity index (χ3n) is 7.17. The predicted octanol–water partition coefficient (Wildman–Crippen LogP) is 5.93. The summed E-state index contributed by atoms with van der Waals surface area (Å²) in [6, 6.07) is 20.6. The van der Waals surface area contributed by atoms with Gasteiger partial charge in [0, 0.05) is 29.6 Å². The number of para-hydroxylation sites is 1. The maximum Gasteiger partial charge on any atom is 0.243 e. The average molecular weight is 545 g/mol. The first-order valence-electron chi connectivity index (χ1n) is 13.1. The van der Waals surface area contributed by atoms with Crippen molar-refractivity contribution in [3.05, 3.63) is 95.2 Å². The van der Waals surface area contributed by atoms with Gasteiger partial charge in [0.2, 0.25) is 15.8 Å². The summed E-state index contributed by atoms with van der Waals surface area (Å²) in [6.45, 7) is 6.86. The third-order valence-corrected chi connectivity index (χ3v) is 9.00. The van der Waals surface area contributed by atoms with Crippen molar-refractivity contribution in [2.24, 2.45) is 11.8 Å². The summed E-state index contributed by atoms with van der Waals surface area (Å²) in [5.41, 5.74) is 2.76. The molecule has 2 unspecified atom stereocenters. The molecular weight excluding hydrogens is 512 g/mol. The molecule has 5 rings (SSSR count). The molecule has 2 atom stereocenters. The van der Waals surface area contributed by atoms with Gasteiger partial charge in [-0.05, 0) is 49.4 Å². The molecule has 0 radical (unpaired) electrons. The number of aryl methyl sites for hydroxylation is 1. The van der Waals surface area contributed by atoms with Crippen LogP contribution in [0.15, 0.2) is 82.1 Å². The lowest BCUT2D eigenvalue weighted by Crippen LogP contribution is -2.42. The Morgan fingerprint density at radius 3 is 2.33 bits per heavy atom. The standard InChI is InChI=1S/C31H32N2O5S/c1-20-11-13-23(14-12-20)30(35)31-29(26-9-4-5-10-28(26)38-31)32-17-27(34)24-7-6-8-25(16-24)39(36,37)33-18-21(2)15-22(3)19-33/h4-14,16,21-22,32H,15,17-19H2,1-3H3. The summed E-state index contributed by atoms with van der Waals surface area (Å²) < 4.78 is 34.2. The van der Waals surface area contributed by atoms with Gasteiger partial charge in [0.05, 0.1) is 17.1 Å². The molecule has 0 saturated carbocycles. The number of nitrogens with one attached hydrogen (secondary N) is 1. The fourth-order valence-corrected chi connectivity index (χ4v) is 6.99. The molecule has 1 aliphatic rings. The molecule has 1 saturated heterocycles. The molecule has 4 aromatic rings. The molecule has 1 aromatic heterocycles. The zero-order valence-corrected chi connectivity index (χ0v) is 23.1. The van der Waals surface area contributed by atoms with Gasteiger partial charge in [-0.25, -0.2) is 8.42 Å². The minimum Gasteiger partial charge on any atom is -0.450 e. The Morgan fingerprint density at radius 2 is 1.62 bits per heavy atom. The molecule has 1 aliphatic heterocycles. The van der Waals surface area contributed by atoms with Crippen LogP contribution in [0.3, 0.4) is 0 Å². The minimum atomic E-state index is -3.72. The Balaban J connectivity index is 1.39. The number of hydrogen-bond acceptors (Lipinski definition) is 6. The number of rotatable bonds is 8. The number of anilines is 1. The van der Waals surface area contributed by atoms with Crippen molar-refractivity contribution in [2.75, 3.05) is 25.0 Å². The zero-order valence-electron chi connectivity index (χ0n) is 22.3. The number of ketones is 2. The van der Waals surface area contributed by atoms with Crippen LogP contribution in [0.1, 0.15) is 52.3 Å². The molecule has 0 aliphatic carbocycles. The topological polar surface area (TPSA) is 96.7 Å². The van der Waals surface area contributed by atoms with Crippen LogP contribution in [-0.2, 0) is 10.0 Å². The van der Waals surface area contributed by atoms with Crippen LogP contribution in [0.2, 0.25) is 0 Å². The molecule has 39 heavy (non-hydrogen) atoms. The minimum absolute atomic E-state index is 0.110. The van der Waals surface area contributed by atoms with Crippen LogP contribution in [0, 0.1) is 18.8 Å². The largest absolute Gasteiger partial charge is 0.450 e. The van der Waals surface area contributed by atoms with Crippen molar-refractivity contribution >= 4 is 38.2 Å². The quantitative estimate of drug-likeness (QED) is 0.276. The van der Waals surface area contributed by atoms with E-state index in [0.717, 1.165) is 12.0 Å². The Bertz CT molecular complexity index is 1630. The monoisotopic (exact) mass is 544 g/mol. The van der Waals surface area contributed by atoms with E-state index in [2.05, 4.69) is 19.2 Å². The number of piperidine rings is 1. The summed E-state index contributed by atoms with van der Waals surface area (Å²) in [5, 5.41) is 3.79. The van der Waals surface area contributed by atoms with Crippen molar-refractivity contribution in [1.29, 1.82) is 0 Å². The van der Waals surface area contributed by atoms with E-state index in [1.54, 1.807) is 30.3 Å². The van der Waals surface area contributed by atoms with Gasteiger partial charge in [0.15, 0.2) is 11.5 Å². The van der Waals surface area contributed by atoms with Gasteiger partial charge >= 0.3 is 0 Å². The van der Waals surface area contributed by atoms with Crippen LogP contribution >= 0.6 is 0 Å². The normalized spacial score (nSPS) is 18.2. The molecule has 2 heterocycles. The smallest absolute Gasteiger partial charge is 0.243 e. The molecule has 7 nitrogen and oxygen atoms in total. The summed E-state index contributed by atoms with van der Waals surface area (Å²) in [4.78, 5) is 26.7. The summed E-state index contributed by atoms with van der Waals surface area (Å²) in [5.74, 6) is 0.0847. The van der Waals surface area contributed by atoms with Gasteiger partial charge in [0.1, 0.15) is 5.58 Å². The van der Waals surface area contributed by atoms with E-state index in [0.29, 0.717) is 35.3 Å². The first kappa shape index (κ1) is 26.8. The van der Waals surface area contributed by atoms with Crippen molar-refractivity contribution in [2.45, 2.75) is 32.1 Å². The van der Waals surface area contributed by atoms with Crippen molar-refractivity contribution < 1.29 is 22.4 Å². The number of carbonyl (C=O) groups excluding carboxylic acids is 2. The van der Waals surface area contributed by atoms with E-state index in [-0.39, 0.29) is 46.2 Å².